The molecule has 1 amide bonds. The van der Waals surface area contributed by atoms with Crippen LogP contribution in [0, 0.1) is 5.92 Å². The molecule has 0 saturated carbocycles. The van der Waals surface area contributed by atoms with Gasteiger partial charge in [-0.25, -0.2) is 0 Å². The number of hydrogen-bond donors (Lipinski definition) is 1. The molecular weight excluding hydrogens is 250 g/mol. The molecule has 0 bridgehead atoms. The minimum atomic E-state index is -0.0511. The van der Waals surface area contributed by atoms with E-state index in [1.807, 2.05) is 24.3 Å². The number of rotatable bonds is 8. The van der Waals surface area contributed by atoms with Gasteiger partial charge in [-0.1, -0.05) is 52.7 Å². The molecule has 1 aromatic carbocycles. The van der Waals surface area contributed by atoms with Crippen LogP contribution in [-0.4, -0.2) is 19.1 Å². The lowest BCUT2D eigenvalue weighted by Gasteiger charge is -2.13. The van der Waals surface area contributed by atoms with Crippen LogP contribution in [0.3, 0.4) is 0 Å². The molecule has 112 valence electrons. The van der Waals surface area contributed by atoms with E-state index in [9.17, 15) is 4.79 Å². The highest BCUT2D eigenvalue weighted by Crippen LogP contribution is 2.18. The molecule has 0 aliphatic carbocycles. The number of ether oxygens (including phenoxy) is 1. The van der Waals surface area contributed by atoms with E-state index in [-0.39, 0.29) is 12.5 Å². The summed E-state index contributed by atoms with van der Waals surface area (Å²) in [4.78, 5) is 11.7. The standard InChI is InChI=1S/C17H27NO2/c1-5-14(6-2)11-18-17(19)12-20-16-9-7-15(8-10-16)13(3)4/h7-10,13-14H,5-6,11-12H2,1-4H3,(H,18,19). The third-order valence-electron chi connectivity index (χ3n) is 3.66. The average molecular weight is 277 g/mol. The maximum atomic E-state index is 11.7. The number of hydrogen-bond acceptors (Lipinski definition) is 2. The van der Waals surface area contributed by atoms with Gasteiger partial charge in [-0.3, -0.25) is 4.79 Å². The van der Waals surface area contributed by atoms with E-state index in [1.165, 1.54) is 5.56 Å². The number of amides is 1. The third-order valence-corrected chi connectivity index (χ3v) is 3.66. The summed E-state index contributed by atoms with van der Waals surface area (Å²) in [5, 5.41) is 2.92. The van der Waals surface area contributed by atoms with Crippen LogP contribution in [-0.2, 0) is 4.79 Å². The van der Waals surface area contributed by atoms with Gasteiger partial charge in [-0.05, 0) is 29.5 Å². The van der Waals surface area contributed by atoms with Crippen LogP contribution >= 0.6 is 0 Å². The molecule has 0 fully saturated rings. The fourth-order valence-corrected chi connectivity index (χ4v) is 1.98. The molecule has 1 rings (SSSR count). The Kier molecular flexibility index (Phi) is 7.13. The Bertz CT molecular complexity index is 394. The average Bonchev–Trinajstić information content (AvgIpc) is 2.46. The first-order valence-corrected chi connectivity index (χ1v) is 7.56. The SMILES string of the molecule is CCC(CC)CNC(=O)COc1ccc(C(C)C)cc1. The van der Waals surface area contributed by atoms with Crippen LogP contribution < -0.4 is 10.1 Å². The van der Waals surface area contributed by atoms with Gasteiger partial charge in [0, 0.05) is 6.54 Å². The Labute approximate surface area is 122 Å². The summed E-state index contributed by atoms with van der Waals surface area (Å²) < 4.78 is 5.49. The number of carbonyl (C=O) groups is 1. The predicted octanol–water partition coefficient (Wildman–Crippen LogP) is 3.74. The summed E-state index contributed by atoms with van der Waals surface area (Å²) >= 11 is 0. The van der Waals surface area contributed by atoms with Crippen LogP contribution in [0.4, 0.5) is 0 Å². The van der Waals surface area contributed by atoms with Crippen LogP contribution in [0.25, 0.3) is 0 Å². The van der Waals surface area contributed by atoms with Gasteiger partial charge in [0.2, 0.25) is 0 Å². The first-order valence-electron chi connectivity index (χ1n) is 7.56. The molecule has 0 spiro atoms. The van der Waals surface area contributed by atoms with Gasteiger partial charge in [-0.15, -0.1) is 0 Å². The fraction of sp³-hybridized carbons (Fsp3) is 0.588. The van der Waals surface area contributed by atoms with Gasteiger partial charge in [0.05, 0.1) is 0 Å². The third kappa shape index (κ3) is 5.64. The quantitative estimate of drug-likeness (QED) is 0.786. The van der Waals surface area contributed by atoms with Crippen molar-refractivity contribution < 1.29 is 9.53 Å². The summed E-state index contributed by atoms with van der Waals surface area (Å²) in [5.41, 5.74) is 1.27. The summed E-state index contributed by atoms with van der Waals surface area (Å²) in [6.07, 6.45) is 2.18. The minimum Gasteiger partial charge on any atom is -0.484 e. The first kappa shape index (κ1) is 16.5. The van der Waals surface area contributed by atoms with Crippen molar-refractivity contribution in [3.05, 3.63) is 29.8 Å². The minimum absolute atomic E-state index is 0.0511. The van der Waals surface area contributed by atoms with Crippen molar-refractivity contribution in [2.75, 3.05) is 13.2 Å². The van der Waals surface area contributed by atoms with E-state index < -0.39 is 0 Å². The van der Waals surface area contributed by atoms with Crippen molar-refractivity contribution in [3.8, 4) is 5.75 Å². The maximum Gasteiger partial charge on any atom is 0.257 e. The summed E-state index contributed by atoms with van der Waals surface area (Å²) in [6, 6.07) is 7.93. The van der Waals surface area contributed by atoms with E-state index in [2.05, 4.69) is 33.0 Å². The second-order valence-corrected chi connectivity index (χ2v) is 5.50. The van der Waals surface area contributed by atoms with Gasteiger partial charge >= 0.3 is 0 Å². The molecule has 1 N–H and O–H groups in total. The molecule has 0 atom stereocenters. The van der Waals surface area contributed by atoms with Crippen LogP contribution in [0.2, 0.25) is 0 Å². The molecule has 0 heterocycles. The van der Waals surface area contributed by atoms with Crippen molar-refractivity contribution in [1.82, 2.24) is 5.32 Å². The van der Waals surface area contributed by atoms with Crippen LogP contribution in [0.1, 0.15) is 52.0 Å². The van der Waals surface area contributed by atoms with Gasteiger partial charge < -0.3 is 10.1 Å². The predicted molar refractivity (Wildman–Crippen MR) is 83.1 cm³/mol. The topological polar surface area (TPSA) is 38.3 Å². The number of carbonyl (C=O) groups excluding carboxylic acids is 1. The van der Waals surface area contributed by atoms with Crippen LogP contribution in [0.15, 0.2) is 24.3 Å². The molecule has 0 aromatic heterocycles. The molecular formula is C17H27NO2. The van der Waals surface area contributed by atoms with E-state index in [0.717, 1.165) is 25.1 Å². The lowest BCUT2D eigenvalue weighted by molar-refractivity contribution is -0.123. The molecule has 1 aromatic rings. The van der Waals surface area contributed by atoms with Crippen molar-refractivity contribution in [2.24, 2.45) is 5.92 Å². The lowest BCUT2D eigenvalue weighted by atomic mass is 10.0. The lowest BCUT2D eigenvalue weighted by Crippen LogP contribution is -2.32. The highest BCUT2D eigenvalue weighted by atomic mass is 16.5. The molecule has 20 heavy (non-hydrogen) atoms. The van der Waals surface area contributed by atoms with Crippen LogP contribution in [0.5, 0.6) is 5.75 Å². The van der Waals surface area contributed by atoms with E-state index in [1.54, 1.807) is 0 Å². The summed E-state index contributed by atoms with van der Waals surface area (Å²) in [7, 11) is 0. The molecule has 0 aliphatic heterocycles. The smallest absolute Gasteiger partial charge is 0.257 e. The largest absolute Gasteiger partial charge is 0.484 e. The Morgan fingerprint density at radius 1 is 1.15 bits per heavy atom. The van der Waals surface area contributed by atoms with E-state index in [0.29, 0.717) is 11.8 Å². The monoisotopic (exact) mass is 277 g/mol. The Hall–Kier alpha value is -1.51. The number of benzene rings is 1. The van der Waals surface area contributed by atoms with E-state index in [4.69, 9.17) is 4.74 Å². The molecule has 0 saturated heterocycles. The van der Waals surface area contributed by atoms with Crippen molar-refractivity contribution >= 4 is 5.91 Å². The van der Waals surface area contributed by atoms with Crippen molar-refractivity contribution in [2.45, 2.75) is 46.5 Å². The second-order valence-electron chi connectivity index (χ2n) is 5.50. The number of nitrogens with one attached hydrogen (secondary N) is 1. The highest BCUT2D eigenvalue weighted by Gasteiger charge is 2.07. The zero-order valence-electron chi connectivity index (χ0n) is 13.1. The zero-order chi connectivity index (χ0) is 15.0. The zero-order valence-corrected chi connectivity index (χ0v) is 13.1. The Morgan fingerprint density at radius 2 is 1.75 bits per heavy atom. The van der Waals surface area contributed by atoms with Gasteiger partial charge in [0.15, 0.2) is 6.61 Å². The second kappa shape index (κ2) is 8.62. The van der Waals surface area contributed by atoms with Crippen molar-refractivity contribution in [1.29, 1.82) is 0 Å². The Morgan fingerprint density at radius 3 is 2.25 bits per heavy atom. The first-order chi connectivity index (χ1) is 9.56. The molecule has 3 nitrogen and oxygen atoms in total. The normalized spacial score (nSPS) is 10.9. The van der Waals surface area contributed by atoms with Gasteiger partial charge in [0.1, 0.15) is 5.75 Å². The molecule has 0 unspecified atom stereocenters. The molecule has 3 heteroatoms. The van der Waals surface area contributed by atoms with E-state index >= 15 is 0 Å². The molecule has 0 aliphatic rings. The fourth-order valence-electron chi connectivity index (χ4n) is 1.98. The van der Waals surface area contributed by atoms with Gasteiger partial charge in [-0.2, -0.15) is 0 Å². The highest BCUT2D eigenvalue weighted by molar-refractivity contribution is 5.77. The molecule has 0 radical (unpaired) electrons. The van der Waals surface area contributed by atoms with Gasteiger partial charge in [0.25, 0.3) is 5.91 Å². The maximum absolute atomic E-state index is 11.7. The van der Waals surface area contributed by atoms with Crippen molar-refractivity contribution in [3.63, 3.8) is 0 Å². The Balaban J connectivity index is 2.33. The summed E-state index contributed by atoms with van der Waals surface area (Å²) in [5.74, 6) is 1.76. The summed E-state index contributed by atoms with van der Waals surface area (Å²) in [6.45, 7) is 9.42.